The third-order valence-electron chi connectivity index (χ3n) is 7.93. The summed E-state index contributed by atoms with van der Waals surface area (Å²) in [4.78, 5) is 0. The van der Waals surface area contributed by atoms with Crippen LogP contribution >= 0.6 is 0 Å². The molecule has 3 rings (SSSR count). The zero-order chi connectivity index (χ0) is 16.8. The van der Waals surface area contributed by atoms with Gasteiger partial charge in [-0.25, -0.2) is 0 Å². The van der Waals surface area contributed by atoms with Gasteiger partial charge < -0.3 is 15.6 Å². The highest BCUT2D eigenvalue weighted by atomic mass is 16.7. The molecule has 134 valence electrons. The maximum atomic E-state index is 9.97. The minimum absolute atomic E-state index is 0.257. The molecule has 8 atom stereocenters. The first-order valence-electron chi connectivity index (χ1n) is 9.93. The van der Waals surface area contributed by atoms with Crippen molar-refractivity contribution < 1.29 is 9.84 Å². The molecule has 3 heteroatoms. The fourth-order valence-electron chi connectivity index (χ4n) is 6.16. The zero-order valence-electron chi connectivity index (χ0n) is 15.6. The van der Waals surface area contributed by atoms with Crippen LogP contribution in [-0.4, -0.2) is 23.0 Å². The molecule has 3 aliphatic rings. The van der Waals surface area contributed by atoms with Crippen molar-refractivity contribution in [2.24, 2.45) is 34.8 Å². The van der Waals surface area contributed by atoms with E-state index >= 15 is 0 Å². The summed E-state index contributed by atoms with van der Waals surface area (Å²) in [5, 5.41) is 9.97. The van der Waals surface area contributed by atoms with Crippen molar-refractivity contribution in [2.75, 3.05) is 0 Å². The molecular formula is C20H37NO2. The Morgan fingerprint density at radius 2 is 1.91 bits per heavy atom. The lowest BCUT2D eigenvalue weighted by atomic mass is 9.51. The highest BCUT2D eigenvalue weighted by molar-refractivity contribution is 5.00. The van der Waals surface area contributed by atoms with Crippen molar-refractivity contribution in [3.63, 3.8) is 0 Å². The largest absolute Gasteiger partial charge is 0.365 e. The van der Waals surface area contributed by atoms with Crippen LogP contribution in [-0.2, 0) is 4.74 Å². The van der Waals surface area contributed by atoms with Crippen molar-refractivity contribution in [2.45, 2.75) is 97.0 Å². The Balaban J connectivity index is 1.60. The van der Waals surface area contributed by atoms with Crippen molar-refractivity contribution in [3.8, 4) is 0 Å². The van der Waals surface area contributed by atoms with Crippen molar-refractivity contribution >= 4 is 0 Å². The van der Waals surface area contributed by atoms with Gasteiger partial charge in [0, 0.05) is 12.0 Å². The Labute approximate surface area is 142 Å². The number of hydrogen-bond acceptors (Lipinski definition) is 3. The third kappa shape index (κ3) is 3.09. The fraction of sp³-hybridized carbons (Fsp3) is 1.00. The van der Waals surface area contributed by atoms with Crippen LogP contribution in [0.15, 0.2) is 0 Å². The standard InChI is InChI=1S/C20H37NO2/c1-5-17-14(7-9-18-13(2)20(4,22)23-18)6-8-15-12-16(21)10-11-19(15,17)3/h13-18,22H,5-12,21H2,1-4H3/t13-,14+,15-,16+,17+,18+,19+,20?/m1/s1. The maximum absolute atomic E-state index is 9.97. The quantitative estimate of drug-likeness (QED) is 0.819. The van der Waals surface area contributed by atoms with Crippen LogP contribution in [0.25, 0.3) is 0 Å². The van der Waals surface area contributed by atoms with E-state index in [2.05, 4.69) is 20.8 Å². The molecule has 0 bridgehead atoms. The summed E-state index contributed by atoms with van der Waals surface area (Å²) in [6.07, 6.45) is 10.4. The maximum Gasteiger partial charge on any atom is 0.168 e. The van der Waals surface area contributed by atoms with E-state index in [1.54, 1.807) is 6.92 Å². The SMILES string of the molecule is CC[C@H]1[C@H](CC[C@@H]2OC(C)(O)[C@@H]2C)CC[C@@H]2C[C@@H](N)CC[C@@]21C. The van der Waals surface area contributed by atoms with Crippen molar-refractivity contribution in [1.29, 1.82) is 0 Å². The summed E-state index contributed by atoms with van der Waals surface area (Å²) in [5.74, 6) is 1.88. The molecular weight excluding hydrogens is 286 g/mol. The summed E-state index contributed by atoms with van der Waals surface area (Å²) in [6, 6.07) is 0.439. The first-order chi connectivity index (χ1) is 10.8. The summed E-state index contributed by atoms with van der Waals surface area (Å²) >= 11 is 0. The molecule has 0 amide bonds. The van der Waals surface area contributed by atoms with E-state index in [0.717, 1.165) is 24.2 Å². The molecule has 0 radical (unpaired) electrons. The number of rotatable bonds is 4. The third-order valence-corrected chi connectivity index (χ3v) is 7.93. The van der Waals surface area contributed by atoms with Crippen LogP contribution in [0.5, 0.6) is 0 Å². The first kappa shape index (κ1) is 17.7. The topological polar surface area (TPSA) is 55.5 Å². The average Bonchev–Trinajstić information content (AvgIpc) is 2.51. The fourth-order valence-corrected chi connectivity index (χ4v) is 6.16. The molecule has 23 heavy (non-hydrogen) atoms. The van der Waals surface area contributed by atoms with Crippen LogP contribution in [0.2, 0.25) is 0 Å². The highest BCUT2D eigenvalue weighted by Gasteiger charge is 2.51. The summed E-state index contributed by atoms with van der Waals surface area (Å²) in [5.41, 5.74) is 6.75. The average molecular weight is 324 g/mol. The van der Waals surface area contributed by atoms with Gasteiger partial charge in [0.1, 0.15) is 0 Å². The minimum Gasteiger partial charge on any atom is -0.365 e. The molecule has 0 aromatic heterocycles. The lowest BCUT2D eigenvalue weighted by Crippen LogP contribution is -2.57. The number of nitrogens with two attached hydrogens (primary N) is 1. The molecule has 1 aliphatic heterocycles. The Morgan fingerprint density at radius 1 is 1.17 bits per heavy atom. The Kier molecular flexibility index (Phi) is 4.85. The monoisotopic (exact) mass is 323 g/mol. The number of aliphatic hydroxyl groups is 1. The van der Waals surface area contributed by atoms with Gasteiger partial charge in [-0.05, 0) is 75.0 Å². The Hall–Kier alpha value is -0.120. The molecule has 3 fully saturated rings. The molecule has 1 unspecified atom stereocenters. The summed E-state index contributed by atoms with van der Waals surface area (Å²) in [7, 11) is 0. The van der Waals surface area contributed by atoms with Gasteiger partial charge in [-0.1, -0.05) is 27.2 Å². The van der Waals surface area contributed by atoms with Gasteiger partial charge in [0.15, 0.2) is 5.79 Å². The van der Waals surface area contributed by atoms with E-state index in [1.807, 2.05) is 0 Å². The van der Waals surface area contributed by atoms with Crippen LogP contribution in [0.4, 0.5) is 0 Å². The molecule has 0 spiro atoms. The number of hydrogen-bond donors (Lipinski definition) is 2. The first-order valence-corrected chi connectivity index (χ1v) is 9.93. The van der Waals surface area contributed by atoms with Gasteiger partial charge in [0.25, 0.3) is 0 Å². The lowest BCUT2D eigenvalue weighted by Gasteiger charge is -2.55. The van der Waals surface area contributed by atoms with E-state index in [9.17, 15) is 5.11 Å². The predicted molar refractivity (Wildman–Crippen MR) is 93.8 cm³/mol. The zero-order valence-corrected chi connectivity index (χ0v) is 15.6. The van der Waals surface area contributed by atoms with Gasteiger partial charge in [0.05, 0.1) is 6.10 Å². The van der Waals surface area contributed by atoms with Crippen LogP contribution < -0.4 is 5.73 Å². The summed E-state index contributed by atoms with van der Waals surface area (Å²) < 4.78 is 5.68. The minimum atomic E-state index is -0.891. The molecule has 0 aromatic carbocycles. The van der Waals surface area contributed by atoms with E-state index in [0.29, 0.717) is 11.5 Å². The van der Waals surface area contributed by atoms with E-state index in [1.165, 1.54) is 44.9 Å². The van der Waals surface area contributed by atoms with Crippen molar-refractivity contribution in [1.82, 2.24) is 0 Å². The second kappa shape index (κ2) is 6.31. The Bertz CT molecular complexity index is 424. The van der Waals surface area contributed by atoms with Crippen LogP contribution in [0.1, 0.15) is 79.1 Å². The van der Waals surface area contributed by atoms with E-state index in [4.69, 9.17) is 10.5 Å². The van der Waals surface area contributed by atoms with E-state index in [-0.39, 0.29) is 12.0 Å². The predicted octanol–water partition coefficient (Wildman–Crippen LogP) is 4.08. The second-order valence-electron chi connectivity index (χ2n) is 9.17. The van der Waals surface area contributed by atoms with Gasteiger partial charge >= 0.3 is 0 Å². The second-order valence-corrected chi connectivity index (χ2v) is 9.17. The molecule has 1 saturated heterocycles. The lowest BCUT2D eigenvalue weighted by molar-refractivity contribution is -0.352. The van der Waals surface area contributed by atoms with Crippen LogP contribution in [0.3, 0.4) is 0 Å². The highest BCUT2D eigenvalue weighted by Crippen LogP contribution is 2.57. The molecule has 1 heterocycles. The van der Waals surface area contributed by atoms with Gasteiger partial charge in [-0.2, -0.15) is 0 Å². The molecule has 3 nitrogen and oxygen atoms in total. The van der Waals surface area contributed by atoms with Gasteiger partial charge in [-0.3, -0.25) is 0 Å². The Morgan fingerprint density at radius 3 is 2.52 bits per heavy atom. The van der Waals surface area contributed by atoms with Gasteiger partial charge in [0.2, 0.25) is 0 Å². The van der Waals surface area contributed by atoms with E-state index < -0.39 is 5.79 Å². The smallest absolute Gasteiger partial charge is 0.168 e. The van der Waals surface area contributed by atoms with Crippen LogP contribution in [0, 0.1) is 29.1 Å². The number of ether oxygens (including phenoxy) is 1. The number of fused-ring (bicyclic) bond motifs is 1. The normalized spacial score (nSPS) is 53.5. The molecule has 0 aromatic rings. The van der Waals surface area contributed by atoms with Gasteiger partial charge in [-0.15, -0.1) is 0 Å². The van der Waals surface area contributed by atoms with Crippen molar-refractivity contribution in [3.05, 3.63) is 0 Å². The molecule has 2 aliphatic carbocycles. The summed E-state index contributed by atoms with van der Waals surface area (Å²) in [6.45, 7) is 8.84. The molecule has 2 saturated carbocycles. The molecule has 3 N–H and O–H groups in total.